The van der Waals surface area contributed by atoms with Gasteiger partial charge >= 0.3 is 19.2 Å². The highest BCUT2D eigenvalue weighted by Crippen LogP contribution is 2.36. The quantitative estimate of drug-likeness (QED) is 0.520. The molecular formula is C20H35BN2O6. The van der Waals surface area contributed by atoms with Gasteiger partial charge in [0.15, 0.2) is 0 Å². The molecule has 0 aromatic rings. The molecule has 2 aliphatic rings. The predicted molar refractivity (Wildman–Crippen MR) is 110 cm³/mol. The molecule has 1 amide bonds. The summed E-state index contributed by atoms with van der Waals surface area (Å²) < 4.78 is 22.3. The van der Waals surface area contributed by atoms with Gasteiger partial charge in [0.05, 0.1) is 18.3 Å². The number of ether oxygens (including phenoxy) is 2. The molecule has 0 N–H and O–H groups in total. The van der Waals surface area contributed by atoms with E-state index in [0.717, 1.165) is 0 Å². The normalized spacial score (nSPS) is 24.8. The van der Waals surface area contributed by atoms with Crippen LogP contribution in [0.1, 0.15) is 48.5 Å². The lowest BCUT2D eigenvalue weighted by atomic mass is 9.90. The van der Waals surface area contributed by atoms with E-state index < -0.39 is 30.8 Å². The van der Waals surface area contributed by atoms with E-state index in [4.69, 9.17) is 18.8 Å². The van der Waals surface area contributed by atoms with Gasteiger partial charge in [-0.15, -0.1) is 0 Å². The lowest BCUT2D eigenvalue weighted by molar-refractivity contribution is -0.149. The van der Waals surface area contributed by atoms with Crippen LogP contribution in [0.3, 0.4) is 0 Å². The maximum atomic E-state index is 12.5. The van der Waals surface area contributed by atoms with Gasteiger partial charge in [0.1, 0.15) is 11.6 Å². The lowest BCUT2D eigenvalue weighted by Crippen LogP contribution is -2.59. The minimum atomic E-state index is -0.700. The average Bonchev–Trinajstić information content (AvgIpc) is 2.79. The van der Waals surface area contributed by atoms with E-state index >= 15 is 0 Å². The van der Waals surface area contributed by atoms with Gasteiger partial charge in [0, 0.05) is 26.2 Å². The van der Waals surface area contributed by atoms with Crippen molar-refractivity contribution < 1.29 is 28.4 Å². The Balaban J connectivity index is 1.96. The van der Waals surface area contributed by atoms with E-state index in [0.29, 0.717) is 26.2 Å². The second-order valence-electron chi connectivity index (χ2n) is 9.53. The number of rotatable bonds is 4. The zero-order valence-electron chi connectivity index (χ0n) is 19.0. The van der Waals surface area contributed by atoms with Gasteiger partial charge in [0.2, 0.25) is 0 Å². The molecule has 2 saturated heterocycles. The van der Waals surface area contributed by atoms with Crippen LogP contribution in [0, 0.1) is 0 Å². The topological polar surface area (TPSA) is 77.5 Å². The molecule has 2 aliphatic heterocycles. The van der Waals surface area contributed by atoms with Crippen LogP contribution in [0.15, 0.2) is 12.1 Å². The van der Waals surface area contributed by atoms with Crippen molar-refractivity contribution in [2.75, 3.05) is 33.3 Å². The third-order valence-corrected chi connectivity index (χ3v) is 5.49. The van der Waals surface area contributed by atoms with Crippen LogP contribution in [0.4, 0.5) is 4.79 Å². The highest BCUT2D eigenvalue weighted by molar-refractivity contribution is 6.51. The summed E-state index contributed by atoms with van der Waals surface area (Å²) in [6.45, 7) is 15.4. The summed E-state index contributed by atoms with van der Waals surface area (Å²) in [5.74, 6) is 1.44. The Kier molecular flexibility index (Phi) is 7.07. The molecule has 0 aliphatic carbocycles. The summed E-state index contributed by atoms with van der Waals surface area (Å²) >= 11 is 0. The smallest absolute Gasteiger partial charge is 0.467 e. The first-order valence-corrected chi connectivity index (χ1v) is 10.1. The minimum Gasteiger partial charge on any atom is -0.467 e. The van der Waals surface area contributed by atoms with E-state index in [1.54, 1.807) is 20.8 Å². The standard InChI is InChI=1S/C20H35BN2O6/c1-18(2,3)27-17(25)23-13-12-22(14-15(23)16(24)26-8)11-9-10-21-28-19(4,5)20(6,7)29-21/h9-10,15H,11-14H2,1-8H3/b10-9+. The molecule has 0 bridgehead atoms. The minimum absolute atomic E-state index is 0.375. The van der Waals surface area contributed by atoms with Crippen LogP contribution in [0.5, 0.6) is 0 Å². The summed E-state index contributed by atoms with van der Waals surface area (Å²) in [5, 5.41) is 0. The van der Waals surface area contributed by atoms with Gasteiger partial charge in [-0.1, -0.05) is 12.1 Å². The van der Waals surface area contributed by atoms with Crippen molar-refractivity contribution in [3.63, 3.8) is 0 Å². The number of carbonyl (C=O) groups excluding carboxylic acids is 2. The van der Waals surface area contributed by atoms with Crippen LogP contribution in [0.25, 0.3) is 0 Å². The summed E-state index contributed by atoms with van der Waals surface area (Å²) in [6.07, 6.45) is 1.47. The van der Waals surface area contributed by atoms with Gasteiger partial charge < -0.3 is 18.8 Å². The first kappa shape index (κ1) is 23.7. The third kappa shape index (κ3) is 5.96. The highest BCUT2D eigenvalue weighted by Gasteiger charge is 2.50. The van der Waals surface area contributed by atoms with Crippen LogP contribution in [-0.4, -0.2) is 85.1 Å². The fourth-order valence-corrected chi connectivity index (χ4v) is 3.17. The average molecular weight is 410 g/mol. The first-order valence-electron chi connectivity index (χ1n) is 10.1. The zero-order chi connectivity index (χ0) is 22.0. The van der Waals surface area contributed by atoms with Crippen molar-refractivity contribution in [2.45, 2.75) is 71.3 Å². The van der Waals surface area contributed by atoms with E-state index in [2.05, 4.69) is 4.90 Å². The van der Waals surface area contributed by atoms with Crippen molar-refractivity contribution in [3.8, 4) is 0 Å². The fourth-order valence-electron chi connectivity index (χ4n) is 3.17. The summed E-state index contributed by atoms with van der Waals surface area (Å²) in [4.78, 5) is 28.3. The molecule has 1 unspecified atom stereocenters. The van der Waals surface area contributed by atoms with Crippen molar-refractivity contribution in [3.05, 3.63) is 12.1 Å². The molecule has 0 aromatic carbocycles. The SMILES string of the molecule is COC(=O)C1CN(C/C=C/B2OC(C)(C)C(C)(C)O2)CCN1C(=O)OC(C)(C)C. The molecule has 0 radical (unpaired) electrons. The summed E-state index contributed by atoms with van der Waals surface area (Å²) in [7, 11) is 0.923. The molecule has 9 heteroatoms. The Morgan fingerprint density at radius 2 is 1.72 bits per heavy atom. The Hall–Kier alpha value is -1.58. The van der Waals surface area contributed by atoms with Crippen LogP contribution in [0.2, 0.25) is 0 Å². The second kappa shape index (κ2) is 8.66. The molecule has 1 atom stereocenters. The third-order valence-electron chi connectivity index (χ3n) is 5.49. The number of esters is 1. The van der Waals surface area contributed by atoms with Crippen LogP contribution < -0.4 is 0 Å². The molecular weight excluding hydrogens is 375 g/mol. The van der Waals surface area contributed by atoms with Crippen LogP contribution in [-0.2, 0) is 23.6 Å². The Labute approximate surface area is 174 Å². The molecule has 29 heavy (non-hydrogen) atoms. The maximum absolute atomic E-state index is 12.5. The molecule has 164 valence electrons. The Bertz CT molecular complexity index is 627. The molecule has 2 rings (SSSR count). The van der Waals surface area contributed by atoms with Crippen molar-refractivity contribution in [1.82, 2.24) is 9.80 Å². The number of methoxy groups -OCH3 is 1. The number of carbonyl (C=O) groups is 2. The predicted octanol–water partition coefficient (Wildman–Crippen LogP) is 2.27. The van der Waals surface area contributed by atoms with Gasteiger partial charge in [-0.2, -0.15) is 0 Å². The monoisotopic (exact) mass is 410 g/mol. The number of hydrogen-bond donors (Lipinski definition) is 0. The first-order chi connectivity index (χ1) is 13.3. The number of hydrogen-bond acceptors (Lipinski definition) is 7. The van der Waals surface area contributed by atoms with Crippen LogP contribution >= 0.6 is 0 Å². The van der Waals surface area contributed by atoms with E-state index in [1.165, 1.54) is 12.0 Å². The molecule has 0 spiro atoms. The molecule has 2 fully saturated rings. The number of nitrogens with zero attached hydrogens (tertiary/aromatic N) is 2. The molecule has 8 nitrogen and oxygen atoms in total. The van der Waals surface area contributed by atoms with Gasteiger partial charge in [-0.05, 0) is 48.5 Å². The summed E-state index contributed by atoms with van der Waals surface area (Å²) in [5.41, 5.74) is -1.38. The van der Waals surface area contributed by atoms with Crippen molar-refractivity contribution in [2.24, 2.45) is 0 Å². The highest BCUT2D eigenvalue weighted by atomic mass is 16.7. The van der Waals surface area contributed by atoms with Gasteiger partial charge in [-0.25, -0.2) is 9.59 Å². The van der Waals surface area contributed by atoms with Crippen molar-refractivity contribution in [1.29, 1.82) is 0 Å². The molecule has 2 heterocycles. The lowest BCUT2D eigenvalue weighted by Gasteiger charge is -2.39. The molecule has 0 aromatic heterocycles. The maximum Gasteiger partial charge on any atom is 0.486 e. The zero-order valence-corrected chi connectivity index (χ0v) is 19.0. The Morgan fingerprint density at radius 3 is 2.24 bits per heavy atom. The van der Waals surface area contributed by atoms with E-state index in [-0.39, 0.29) is 11.2 Å². The van der Waals surface area contributed by atoms with Gasteiger partial charge in [0.25, 0.3) is 0 Å². The van der Waals surface area contributed by atoms with Crippen molar-refractivity contribution >= 4 is 19.2 Å². The summed E-state index contributed by atoms with van der Waals surface area (Å²) in [6, 6.07) is -0.700. The number of piperazine rings is 1. The fraction of sp³-hybridized carbons (Fsp3) is 0.800. The van der Waals surface area contributed by atoms with Gasteiger partial charge in [-0.3, -0.25) is 9.80 Å². The number of amides is 1. The largest absolute Gasteiger partial charge is 0.486 e. The van der Waals surface area contributed by atoms with E-state index in [9.17, 15) is 9.59 Å². The van der Waals surface area contributed by atoms with E-state index in [1.807, 2.05) is 39.7 Å². The second-order valence-corrected chi connectivity index (χ2v) is 9.53. The Morgan fingerprint density at radius 1 is 1.14 bits per heavy atom. The molecule has 0 saturated carbocycles.